The van der Waals surface area contributed by atoms with Gasteiger partial charge in [0, 0.05) is 28.7 Å². The number of sulfone groups is 1. The molecule has 0 bridgehead atoms. The molecule has 1 atom stereocenters. The van der Waals surface area contributed by atoms with Crippen LogP contribution in [0.1, 0.15) is 12.5 Å². The van der Waals surface area contributed by atoms with E-state index in [0.717, 1.165) is 5.56 Å². The zero-order chi connectivity index (χ0) is 23.0. The number of hydrogen-bond donors (Lipinski definition) is 2. The first kappa shape index (κ1) is 23.1. The summed E-state index contributed by atoms with van der Waals surface area (Å²) in [7, 11) is -4.98. The number of hydrogen-bond acceptors (Lipinski definition) is 6. The summed E-state index contributed by atoms with van der Waals surface area (Å²) in [5.74, 6) is 0.674. The highest BCUT2D eigenvalue weighted by molar-refractivity contribution is 7.91. The van der Waals surface area contributed by atoms with Gasteiger partial charge in [0.2, 0.25) is 15.8 Å². The van der Waals surface area contributed by atoms with Crippen LogP contribution in [0, 0.1) is 11.5 Å². The summed E-state index contributed by atoms with van der Waals surface area (Å²) in [4.78, 5) is 8.99. The molecule has 164 valence electrons. The van der Waals surface area contributed by atoms with Crippen LogP contribution in [0.5, 0.6) is 0 Å². The summed E-state index contributed by atoms with van der Waals surface area (Å²) in [6.45, 7) is 2.01. The predicted octanol–water partition coefficient (Wildman–Crippen LogP) is 3.08. The fourth-order valence-corrected chi connectivity index (χ4v) is 4.97. The van der Waals surface area contributed by atoms with Crippen LogP contribution in [0.2, 0.25) is 0 Å². The van der Waals surface area contributed by atoms with Crippen molar-refractivity contribution in [3.05, 3.63) is 78.6 Å². The maximum absolute atomic E-state index is 13.0. The number of rotatable bonds is 7. The van der Waals surface area contributed by atoms with Crippen molar-refractivity contribution in [2.24, 2.45) is 4.99 Å². The Balaban J connectivity index is 1.77. The number of anilines is 1. The second-order valence-electron chi connectivity index (χ2n) is 6.52. The Bertz CT molecular complexity index is 1270. The molecule has 0 aliphatic rings. The molecule has 32 heavy (non-hydrogen) atoms. The monoisotopic (exact) mass is 467 g/mol. The maximum Gasteiger partial charge on any atom is 0.209 e. The van der Waals surface area contributed by atoms with Crippen LogP contribution in [-0.2, 0) is 27.2 Å². The Hall–Kier alpha value is -3.55. The first-order valence-corrected chi connectivity index (χ1v) is 12.4. The summed E-state index contributed by atoms with van der Waals surface area (Å²) in [6, 6.07) is 16.0. The van der Waals surface area contributed by atoms with Gasteiger partial charge in [-0.1, -0.05) is 25.1 Å². The second-order valence-corrected chi connectivity index (χ2v) is 10.2. The smallest absolute Gasteiger partial charge is 0.209 e. The summed E-state index contributed by atoms with van der Waals surface area (Å²) in [5, 5.41) is 14.4. The van der Waals surface area contributed by atoms with E-state index in [9.17, 15) is 12.6 Å². The van der Waals surface area contributed by atoms with E-state index in [-0.39, 0.29) is 22.3 Å². The van der Waals surface area contributed by atoms with Gasteiger partial charge in [-0.25, -0.2) is 13.4 Å². The van der Waals surface area contributed by atoms with Gasteiger partial charge in [-0.15, -0.1) is 0 Å². The van der Waals surface area contributed by atoms with Gasteiger partial charge >= 0.3 is 0 Å². The average molecular weight is 468 g/mol. The molecular weight excluding hydrogens is 446 g/mol. The van der Waals surface area contributed by atoms with Crippen molar-refractivity contribution in [2.45, 2.75) is 28.2 Å². The number of guanidine groups is 1. The molecule has 0 aliphatic heterocycles. The fraction of sp³-hybridized carbons (Fsp3) is 0.136. The lowest BCUT2D eigenvalue weighted by molar-refractivity contribution is 0.596. The van der Waals surface area contributed by atoms with Crippen molar-refractivity contribution in [2.75, 3.05) is 11.1 Å². The van der Waals surface area contributed by atoms with Gasteiger partial charge in [-0.3, -0.25) is 14.5 Å². The van der Waals surface area contributed by atoms with E-state index < -0.39 is 20.6 Å². The molecule has 8 nitrogen and oxygen atoms in total. The Morgan fingerprint density at radius 1 is 1.09 bits per heavy atom. The Kier molecular flexibility index (Phi) is 7.70. The highest BCUT2D eigenvalue weighted by Gasteiger charge is 2.18. The Labute approximate surface area is 189 Å². The number of aromatic nitrogens is 1. The van der Waals surface area contributed by atoms with Crippen LogP contribution in [0.3, 0.4) is 0 Å². The largest absolute Gasteiger partial charge is 0.325 e. The van der Waals surface area contributed by atoms with Gasteiger partial charge in [0.1, 0.15) is 0 Å². The van der Waals surface area contributed by atoms with E-state index in [0.29, 0.717) is 16.3 Å². The minimum Gasteiger partial charge on any atom is -0.325 e. The van der Waals surface area contributed by atoms with Crippen molar-refractivity contribution in [1.82, 2.24) is 10.3 Å². The normalized spacial score (nSPS) is 12.6. The number of nitriles is 1. The topological polar surface area (TPSA) is 124 Å². The van der Waals surface area contributed by atoms with Crippen molar-refractivity contribution in [3.63, 3.8) is 0 Å². The molecule has 3 aromatic rings. The molecule has 2 aromatic carbocycles. The van der Waals surface area contributed by atoms with Crippen molar-refractivity contribution in [1.29, 1.82) is 5.26 Å². The summed E-state index contributed by atoms with van der Waals surface area (Å²) in [6.07, 6.45) is 5.05. The molecule has 0 aliphatic carbocycles. The van der Waals surface area contributed by atoms with E-state index >= 15 is 0 Å². The SMILES string of the molecule is CCS(=O)c1cccc(S(=O)(=O)c2ccc(CN=C(NC#N)Nc3ccncc3)cc2)c1. The first-order valence-electron chi connectivity index (χ1n) is 9.63. The summed E-state index contributed by atoms with van der Waals surface area (Å²) in [5.41, 5.74) is 1.48. The third-order valence-electron chi connectivity index (χ3n) is 4.41. The number of aliphatic imine (C=N–C) groups is 1. The van der Waals surface area contributed by atoms with Gasteiger partial charge in [-0.2, -0.15) is 5.26 Å². The van der Waals surface area contributed by atoms with E-state index in [1.165, 1.54) is 24.3 Å². The van der Waals surface area contributed by atoms with E-state index in [4.69, 9.17) is 5.26 Å². The molecule has 0 amide bonds. The molecule has 3 rings (SSSR count). The lowest BCUT2D eigenvalue weighted by atomic mass is 10.2. The molecule has 0 radical (unpaired) electrons. The Morgan fingerprint density at radius 3 is 2.47 bits per heavy atom. The lowest BCUT2D eigenvalue weighted by Gasteiger charge is -2.09. The molecule has 0 spiro atoms. The number of nitrogens with zero attached hydrogens (tertiary/aromatic N) is 3. The molecule has 0 saturated carbocycles. The highest BCUT2D eigenvalue weighted by Crippen LogP contribution is 2.23. The molecule has 1 unspecified atom stereocenters. The van der Waals surface area contributed by atoms with Crippen LogP contribution < -0.4 is 10.6 Å². The van der Waals surface area contributed by atoms with E-state index in [2.05, 4.69) is 20.6 Å². The van der Waals surface area contributed by atoms with Crippen LogP contribution >= 0.6 is 0 Å². The molecule has 10 heteroatoms. The van der Waals surface area contributed by atoms with Crippen molar-refractivity contribution in [3.8, 4) is 6.19 Å². The minimum absolute atomic E-state index is 0.102. The number of pyridine rings is 1. The van der Waals surface area contributed by atoms with E-state index in [1.807, 2.05) is 6.19 Å². The lowest BCUT2D eigenvalue weighted by Crippen LogP contribution is -2.26. The van der Waals surface area contributed by atoms with Gasteiger partial charge in [0.25, 0.3) is 0 Å². The van der Waals surface area contributed by atoms with Gasteiger partial charge < -0.3 is 5.32 Å². The van der Waals surface area contributed by atoms with Crippen LogP contribution in [-0.4, -0.2) is 29.3 Å². The number of nitrogens with one attached hydrogen (secondary N) is 2. The van der Waals surface area contributed by atoms with E-state index in [1.54, 1.807) is 55.7 Å². The van der Waals surface area contributed by atoms with Gasteiger partial charge in [-0.05, 0) is 48.0 Å². The van der Waals surface area contributed by atoms with Gasteiger partial charge in [0.05, 0.1) is 27.1 Å². The second kappa shape index (κ2) is 10.7. The third-order valence-corrected chi connectivity index (χ3v) is 7.48. The summed E-state index contributed by atoms with van der Waals surface area (Å²) >= 11 is 0. The standard InChI is InChI=1S/C22H21N5O3S2/c1-2-31(28)19-4-3-5-21(14-19)32(29,30)20-8-6-17(7-9-20)15-25-22(26-16-23)27-18-10-12-24-13-11-18/h3-14H,2,15H2,1H3,(H2,24,25,26,27). The molecule has 2 N–H and O–H groups in total. The van der Waals surface area contributed by atoms with Crippen LogP contribution in [0.4, 0.5) is 5.69 Å². The molecule has 0 saturated heterocycles. The maximum atomic E-state index is 13.0. The molecule has 0 fully saturated rings. The molecular formula is C22H21N5O3S2. The van der Waals surface area contributed by atoms with Crippen LogP contribution in [0.25, 0.3) is 0 Å². The number of benzene rings is 2. The minimum atomic E-state index is -3.74. The van der Waals surface area contributed by atoms with Crippen LogP contribution in [0.15, 0.2) is 92.7 Å². The fourth-order valence-electron chi connectivity index (χ4n) is 2.77. The first-order chi connectivity index (χ1) is 15.4. The van der Waals surface area contributed by atoms with Crippen molar-refractivity contribution < 1.29 is 12.6 Å². The quantitative estimate of drug-likeness (QED) is 0.237. The highest BCUT2D eigenvalue weighted by atomic mass is 32.2. The summed E-state index contributed by atoms with van der Waals surface area (Å²) < 4.78 is 38.0. The predicted molar refractivity (Wildman–Crippen MR) is 123 cm³/mol. The third kappa shape index (κ3) is 5.78. The Morgan fingerprint density at radius 2 is 1.81 bits per heavy atom. The molecule has 1 heterocycles. The average Bonchev–Trinajstić information content (AvgIpc) is 2.83. The van der Waals surface area contributed by atoms with Gasteiger partial charge in [0.15, 0.2) is 6.19 Å². The zero-order valence-electron chi connectivity index (χ0n) is 17.2. The van der Waals surface area contributed by atoms with Crippen molar-refractivity contribution >= 4 is 32.3 Å². The molecule has 1 aromatic heterocycles. The zero-order valence-corrected chi connectivity index (χ0v) is 18.9.